The van der Waals surface area contributed by atoms with Gasteiger partial charge in [0, 0.05) is 15.6 Å². The van der Waals surface area contributed by atoms with Gasteiger partial charge in [0.15, 0.2) is 5.78 Å². The molecule has 26 heavy (non-hydrogen) atoms. The van der Waals surface area contributed by atoms with Crippen LogP contribution in [-0.4, -0.2) is 25.9 Å². The average molecular weight is 405 g/mol. The van der Waals surface area contributed by atoms with Crippen LogP contribution in [0.4, 0.5) is 0 Å². The third-order valence-corrected chi connectivity index (χ3v) is 5.93. The van der Waals surface area contributed by atoms with Crippen LogP contribution in [0, 0.1) is 6.92 Å². The Morgan fingerprint density at radius 1 is 1.04 bits per heavy atom. The zero-order valence-corrected chi connectivity index (χ0v) is 16.0. The summed E-state index contributed by atoms with van der Waals surface area (Å²) in [5, 5.41) is 9.78. The normalized spacial score (nSPS) is 18.9. The Bertz CT molecular complexity index is 956. The number of hydrogen-bond acceptors (Lipinski definition) is 5. The molecule has 8 heteroatoms. The monoisotopic (exact) mass is 404 g/mol. The highest BCUT2D eigenvalue weighted by molar-refractivity contribution is 8.00. The Morgan fingerprint density at radius 3 is 2.31 bits per heavy atom. The van der Waals surface area contributed by atoms with Crippen LogP contribution in [0.2, 0.25) is 10.0 Å². The summed E-state index contributed by atoms with van der Waals surface area (Å²) in [6.45, 7) is 1.87. The SMILES string of the molecule is Cc1nnc2n1NC(c1ccc(Cl)cc1)C(C(=O)c1ccc(Cl)cc1)S2. The van der Waals surface area contributed by atoms with E-state index in [2.05, 4.69) is 15.6 Å². The minimum absolute atomic E-state index is 0.00557. The minimum Gasteiger partial charge on any atom is -0.313 e. The summed E-state index contributed by atoms with van der Waals surface area (Å²) in [5.74, 6) is 0.745. The van der Waals surface area contributed by atoms with Gasteiger partial charge in [-0.3, -0.25) is 4.79 Å². The second-order valence-corrected chi connectivity index (χ2v) is 7.91. The van der Waals surface area contributed by atoms with Crippen LogP contribution < -0.4 is 5.43 Å². The Morgan fingerprint density at radius 2 is 1.65 bits per heavy atom. The molecule has 3 aromatic rings. The van der Waals surface area contributed by atoms with Crippen molar-refractivity contribution >= 4 is 40.7 Å². The lowest BCUT2D eigenvalue weighted by Gasteiger charge is -2.32. The standard InChI is InChI=1S/C18H14Cl2N4OS/c1-10-21-22-18-24(10)23-15(11-2-6-13(19)7-3-11)17(26-18)16(25)12-4-8-14(20)9-5-12/h2-9,15,17,23H,1H3. The molecule has 2 atom stereocenters. The molecule has 132 valence electrons. The number of halogens is 2. The number of hydrogen-bond donors (Lipinski definition) is 1. The van der Waals surface area contributed by atoms with Gasteiger partial charge < -0.3 is 5.43 Å². The predicted molar refractivity (Wildman–Crippen MR) is 104 cm³/mol. The van der Waals surface area contributed by atoms with E-state index < -0.39 is 5.25 Å². The molecule has 2 unspecified atom stereocenters. The summed E-state index contributed by atoms with van der Waals surface area (Å²) in [6.07, 6.45) is 0. The summed E-state index contributed by atoms with van der Waals surface area (Å²) < 4.78 is 1.82. The number of aryl methyl sites for hydroxylation is 1. The first-order valence-corrected chi connectivity index (χ1v) is 9.57. The third kappa shape index (κ3) is 3.20. The van der Waals surface area contributed by atoms with Crippen LogP contribution in [0.15, 0.2) is 53.7 Å². The van der Waals surface area contributed by atoms with Gasteiger partial charge in [-0.2, -0.15) is 0 Å². The zero-order valence-electron chi connectivity index (χ0n) is 13.7. The van der Waals surface area contributed by atoms with Gasteiger partial charge in [-0.1, -0.05) is 47.1 Å². The van der Waals surface area contributed by atoms with Crippen LogP contribution >= 0.6 is 35.0 Å². The smallest absolute Gasteiger partial charge is 0.210 e. The maximum Gasteiger partial charge on any atom is 0.210 e. The quantitative estimate of drug-likeness (QED) is 0.649. The first-order chi connectivity index (χ1) is 12.5. The van der Waals surface area contributed by atoms with Crippen molar-refractivity contribution in [2.45, 2.75) is 23.4 Å². The molecule has 1 aliphatic rings. The van der Waals surface area contributed by atoms with Crippen LogP contribution in [0.5, 0.6) is 0 Å². The highest BCUT2D eigenvalue weighted by atomic mass is 35.5. The molecule has 2 aromatic carbocycles. The van der Waals surface area contributed by atoms with Crippen LogP contribution in [0.25, 0.3) is 0 Å². The number of benzene rings is 2. The summed E-state index contributed by atoms with van der Waals surface area (Å²) in [4.78, 5) is 13.2. The number of Topliss-reactive ketones (excluding diaryl/α,β-unsaturated/α-hetero) is 1. The van der Waals surface area contributed by atoms with E-state index in [0.29, 0.717) is 20.8 Å². The summed E-state index contributed by atoms with van der Waals surface area (Å²) >= 11 is 13.4. The van der Waals surface area contributed by atoms with E-state index in [0.717, 1.165) is 11.4 Å². The Kier molecular flexibility index (Phi) is 4.65. The number of fused-ring (bicyclic) bond motifs is 1. The number of rotatable bonds is 3. The molecule has 4 rings (SSSR count). The van der Waals surface area contributed by atoms with E-state index in [4.69, 9.17) is 23.2 Å². The fourth-order valence-electron chi connectivity index (χ4n) is 2.86. The number of carbonyl (C=O) groups is 1. The second-order valence-electron chi connectivity index (χ2n) is 5.93. The molecular weight excluding hydrogens is 391 g/mol. The van der Waals surface area contributed by atoms with Crippen LogP contribution in [0.1, 0.15) is 27.8 Å². The van der Waals surface area contributed by atoms with Gasteiger partial charge >= 0.3 is 0 Å². The van der Waals surface area contributed by atoms with Gasteiger partial charge in [-0.25, -0.2) is 4.68 Å². The average Bonchev–Trinajstić information content (AvgIpc) is 3.02. The van der Waals surface area contributed by atoms with Gasteiger partial charge in [0.2, 0.25) is 5.16 Å². The van der Waals surface area contributed by atoms with E-state index in [-0.39, 0.29) is 11.8 Å². The number of carbonyl (C=O) groups excluding carboxylic acids is 1. The summed E-state index contributed by atoms with van der Waals surface area (Å²) in [7, 11) is 0. The maximum atomic E-state index is 13.2. The molecule has 1 aromatic heterocycles. The number of ketones is 1. The number of aromatic nitrogens is 3. The van der Waals surface area contributed by atoms with Crippen molar-refractivity contribution in [2.24, 2.45) is 0 Å². The summed E-state index contributed by atoms with van der Waals surface area (Å²) in [6, 6.07) is 14.2. The first-order valence-electron chi connectivity index (χ1n) is 7.93. The van der Waals surface area contributed by atoms with Crippen molar-refractivity contribution < 1.29 is 4.79 Å². The fraction of sp³-hybridized carbons (Fsp3) is 0.167. The van der Waals surface area contributed by atoms with Crippen molar-refractivity contribution in [1.29, 1.82) is 0 Å². The molecule has 0 fully saturated rings. The van der Waals surface area contributed by atoms with Crippen molar-refractivity contribution in [3.8, 4) is 0 Å². The van der Waals surface area contributed by atoms with Crippen molar-refractivity contribution in [1.82, 2.24) is 14.9 Å². The van der Waals surface area contributed by atoms with E-state index in [1.807, 2.05) is 35.9 Å². The molecule has 0 radical (unpaired) electrons. The fourth-order valence-corrected chi connectivity index (χ4v) is 4.31. The molecule has 0 aliphatic carbocycles. The van der Waals surface area contributed by atoms with Crippen molar-refractivity contribution in [3.63, 3.8) is 0 Å². The molecule has 0 saturated carbocycles. The number of nitrogens with one attached hydrogen (secondary N) is 1. The lowest BCUT2D eigenvalue weighted by molar-refractivity contribution is 0.0980. The van der Waals surface area contributed by atoms with Crippen LogP contribution in [0.3, 0.4) is 0 Å². The van der Waals surface area contributed by atoms with E-state index in [1.165, 1.54) is 11.8 Å². The molecule has 1 N–H and O–H groups in total. The van der Waals surface area contributed by atoms with Gasteiger partial charge in [-0.05, 0) is 48.9 Å². The van der Waals surface area contributed by atoms with E-state index >= 15 is 0 Å². The molecule has 5 nitrogen and oxygen atoms in total. The number of nitrogens with zero attached hydrogens (tertiary/aromatic N) is 3. The Labute approximate surface area is 164 Å². The van der Waals surface area contributed by atoms with Crippen molar-refractivity contribution in [3.05, 3.63) is 75.5 Å². The minimum atomic E-state index is -0.395. The van der Waals surface area contributed by atoms with Crippen molar-refractivity contribution in [2.75, 3.05) is 5.43 Å². The Balaban J connectivity index is 1.74. The Hall–Kier alpha value is -2.02. The largest absolute Gasteiger partial charge is 0.313 e. The zero-order chi connectivity index (χ0) is 18.3. The predicted octanol–water partition coefficient (Wildman–Crippen LogP) is 4.54. The molecule has 0 amide bonds. The number of thioether (sulfide) groups is 1. The van der Waals surface area contributed by atoms with Gasteiger partial charge in [0.05, 0.1) is 6.04 Å². The van der Waals surface area contributed by atoms with Gasteiger partial charge in [0.1, 0.15) is 11.1 Å². The lowest BCUT2D eigenvalue weighted by atomic mass is 9.97. The molecule has 0 bridgehead atoms. The van der Waals surface area contributed by atoms with Crippen LogP contribution in [-0.2, 0) is 0 Å². The molecule has 1 aliphatic heterocycles. The first kappa shape index (κ1) is 17.4. The molecule has 0 spiro atoms. The molecular formula is C18H14Cl2N4OS. The lowest BCUT2D eigenvalue weighted by Crippen LogP contribution is -2.39. The van der Waals surface area contributed by atoms with E-state index in [9.17, 15) is 4.79 Å². The van der Waals surface area contributed by atoms with Gasteiger partial charge in [0.25, 0.3) is 0 Å². The van der Waals surface area contributed by atoms with E-state index in [1.54, 1.807) is 24.3 Å². The van der Waals surface area contributed by atoms with Gasteiger partial charge in [-0.15, -0.1) is 10.2 Å². The molecule has 2 heterocycles. The topological polar surface area (TPSA) is 59.8 Å². The summed E-state index contributed by atoms with van der Waals surface area (Å²) in [5.41, 5.74) is 4.95. The highest BCUT2D eigenvalue weighted by Gasteiger charge is 2.37. The maximum absolute atomic E-state index is 13.2. The molecule has 0 saturated heterocycles. The highest BCUT2D eigenvalue weighted by Crippen LogP contribution is 2.38. The third-order valence-electron chi connectivity index (χ3n) is 4.21. The second kappa shape index (κ2) is 6.95.